The Labute approximate surface area is 274 Å². The first-order valence-corrected chi connectivity index (χ1v) is 15.6. The number of aromatic nitrogens is 5. The average molecular weight is 650 g/mol. The lowest BCUT2D eigenvalue weighted by Gasteiger charge is -2.22. The van der Waals surface area contributed by atoms with Crippen LogP contribution >= 0.6 is 0 Å². The summed E-state index contributed by atoms with van der Waals surface area (Å²) in [6.45, 7) is 7.56. The molecule has 4 aromatic heterocycles. The third kappa shape index (κ3) is 5.70. The lowest BCUT2D eigenvalue weighted by molar-refractivity contribution is 0.0690. The normalized spacial score (nSPS) is 13.0. The second kappa shape index (κ2) is 12.4. The maximum Gasteiger partial charge on any atom is 0.354 e. The smallest absolute Gasteiger partial charge is 0.354 e. The van der Waals surface area contributed by atoms with Gasteiger partial charge < -0.3 is 24.1 Å². The SMILES string of the molecule is COc1cc(CC(C)n2c(=O)ccc3c(CC(C)n4c(=O)ccc5ccc(C(=O)O)nc54)cc(O)cc32)c2ncc(=O)n(C(C)C)c2c1. The predicted molar refractivity (Wildman–Crippen MR) is 183 cm³/mol. The molecular formula is C36H35N5O7. The van der Waals surface area contributed by atoms with Crippen molar-refractivity contribution in [3.8, 4) is 11.5 Å². The van der Waals surface area contributed by atoms with Gasteiger partial charge in [-0.3, -0.25) is 19.0 Å². The number of pyridine rings is 3. The highest BCUT2D eigenvalue weighted by Crippen LogP contribution is 2.32. The van der Waals surface area contributed by atoms with E-state index in [-0.39, 0.29) is 46.2 Å². The van der Waals surface area contributed by atoms with Crippen molar-refractivity contribution in [2.75, 3.05) is 7.11 Å². The fourth-order valence-corrected chi connectivity index (χ4v) is 6.63. The number of phenolic OH excluding ortho intramolecular Hbond substituents is 1. The molecule has 0 amide bonds. The molecule has 0 spiro atoms. The molecule has 2 unspecified atom stereocenters. The molecule has 2 N–H and O–H groups in total. The maximum atomic E-state index is 13.5. The molecule has 0 saturated heterocycles. The van der Waals surface area contributed by atoms with Crippen molar-refractivity contribution in [2.24, 2.45) is 0 Å². The number of rotatable bonds is 9. The van der Waals surface area contributed by atoms with E-state index in [0.717, 1.165) is 5.56 Å². The van der Waals surface area contributed by atoms with Crippen molar-refractivity contribution in [1.29, 1.82) is 0 Å². The van der Waals surface area contributed by atoms with E-state index in [1.807, 2.05) is 33.8 Å². The zero-order valence-corrected chi connectivity index (χ0v) is 27.2. The van der Waals surface area contributed by atoms with Crippen molar-refractivity contribution in [1.82, 2.24) is 23.7 Å². The largest absolute Gasteiger partial charge is 0.508 e. The van der Waals surface area contributed by atoms with Gasteiger partial charge in [0.25, 0.3) is 16.7 Å². The first kappa shape index (κ1) is 32.2. The molecule has 0 saturated carbocycles. The summed E-state index contributed by atoms with van der Waals surface area (Å²) in [5.74, 6) is -0.702. The van der Waals surface area contributed by atoms with Gasteiger partial charge in [0.15, 0.2) is 5.69 Å². The molecule has 0 aliphatic rings. The molecule has 4 heterocycles. The number of hydrogen-bond donors (Lipinski definition) is 2. The molecule has 0 bridgehead atoms. The number of nitrogens with zero attached hydrogens (tertiary/aromatic N) is 5. The zero-order chi connectivity index (χ0) is 34.4. The van der Waals surface area contributed by atoms with Crippen LogP contribution in [0.4, 0.5) is 0 Å². The lowest BCUT2D eigenvalue weighted by atomic mass is 9.99. The number of methoxy groups -OCH3 is 1. The van der Waals surface area contributed by atoms with Crippen molar-refractivity contribution < 1.29 is 19.7 Å². The van der Waals surface area contributed by atoms with Gasteiger partial charge in [-0.1, -0.05) is 0 Å². The Hall–Kier alpha value is -5.78. The number of benzene rings is 2. The van der Waals surface area contributed by atoms with Crippen LogP contribution in [0.15, 0.2) is 81.2 Å². The minimum Gasteiger partial charge on any atom is -0.508 e. The van der Waals surface area contributed by atoms with Gasteiger partial charge in [-0.05, 0) is 88.1 Å². The highest BCUT2D eigenvalue weighted by atomic mass is 16.5. The van der Waals surface area contributed by atoms with E-state index in [1.54, 1.807) is 52.6 Å². The van der Waals surface area contributed by atoms with E-state index in [9.17, 15) is 29.4 Å². The van der Waals surface area contributed by atoms with Crippen LogP contribution in [0, 0.1) is 0 Å². The number of fused-ring (bicyclic) bond motifs is 3. The topological polar surface area (TPSA) is 159 Å². The summed E-state index contributed by atoms with van der Waals surface area (Å²) in [7, 11) is 1.55. The van der Waals surface area contributed by atoms with Crippen LogP contribution in [0.3, 0.4) is 0 Å². The monoisotopic (exact) mass is 649 g/mol. The van der Waals surface area contributed by atoms with Crippen LogP contribution < -0.4 is 21.4 Å². The second-order valence-electron chi connectivity index (χ2n) is 12.4. The molecule has 0 radical (unpaired) electrons. The maximum absolute atomic E-state index is 13.5. The van der Waals surface area contributed by atoms with Crippen LogP contribution in [-0.4, -0.2) is 47.0 Å². The quantitative estimate of drug-likeness (QED) is 0.219. The zero-order valence-electron chi connectivity index (χ0n) is 27.2. The van der Waals surface area contributed by atoms with Crippen LogP contribution in [0.1, 0.15) is 67.4 Å². The molecule has 6 rings (SSSR count). The third-order valence-electron chi connectivity index (χ3n) is 8.72. The highest BCUT2D eigenvalue weighted by molar-refractivity contribution is 5.89. The Bertz CT molecular complexity index is 2430. The summed E-state index contributed by atoms with van der Waals surface area (Å²) >= 11 is 0. The van der Waals surface area contributed by atoms with E-state index >= 15 is 0 Å². The lowest BCUT2D eigenvalue weighted by Crippen LogP contribution is -2.26. The van der Waals surface area contributed by atoms with Gasteiger partial charge in [0.1, 0.15) is 17.1 Å². The molecular weight excluding hydrogens is 614 g/mol. The number of carboxylic acid groups (broad SMARTS) is 1. The first-order valence-electron chi connectivity index (χ1n) is 15.6. The van der Waals surface area contributed by atoms with Crippen LogP contribution in [0.2, 0.25) is 0 Å². The summed E-state index contributed by atoms with van der Waals surface area (Å²) in [5.41, 5.74) is 2.46. The van der Waals surface area contributed by atoms with Crippen molar-refractivity contribution in [3.63, 3.8) is 0 Å². The van der Waals surface area contributed by atoms with Gasteiger partial charge in [-0.25, -0.2) is 14.8 Å². The summed E-state index contributed by atoms with van der Waals surface area (Å²) in [5, 5.41) is 21.7. The van der Waals surface area contributed by atoms with Crippen LogP contribution in [0.25, 0.3) is 33.0 Å². The van der Waals surface area contributed by atoms with Gasteiger partial charge in [0.2, 0.25) is 0 Å². The molecule has 0 aliphatic carbocycles. The molecule has 6 aromatic rings. The second-order valence-corrected chi connectivity index (χ2v) is 12.4. The standard InChI is InChI=1S/C36H35N5O7/c1-19(2)39-30-17-26(48-5)15-24(34(30)37-18-33(39)45)13-20(3)40-29-16-25(42)14-23(27(29)8-11-31(40)43)12-21(4)41-32(44)10-7-22-6-9-28(36(46)47)38-35(22)41/h6-11,14-21,42H,12-13H2,1-5H3,(H,46,47). The third-order valence-corrected chi connectivity index (χ3v) is 8.72. The molecule has 246 valence electrons. The first-order chi connectivity index (χ1) is 22.9. The minimum absolute atomic E-state index is 0.0535. The molecule has 0 aliphatic heterocycles. The molecule has 2 atom stereocenters. The Kier molecular flexibility index (Phi) is 8.34. The van der Waals surface area contributed by atoms with E-state index in [2.05, 4.69) is 9.97 Å². The molecule has 48 heavy (non-hydrogen) atoms. The highest BCUT2D eigenvalue weighted by Gasteiger charge is 2.21. The Morgan fingerprint density at radius 3 is 2.17 bits per heavy atom. The van der Waals surface area contributed by atoms with E-state index < -0.39 is 18.1 Å². The molecule has 12 heteroatoms. The van der Waals surface area contributed by atoms with Gasteiger partial charge >= 0.3 is 5.97 Å². The Morgan fingerprint density at radius 2 is 1.46 bits per heavy atom. The van der Waals surface area contributed by atoms with Gasteiger partial charge in [0, 0.05) is 53.2 Å². The van der Waals surface area contributed by atoms with Crippen molar-refractivity contribution in [3.05, 3.63) is 115 Å². The van der Waals surface area contributed by atoms with Gasteiger partial charge in [-0.15, -0.1) is 0 Å². The summed E-state index contributed by atoms with van der Waals surface area (Å²) < 4.78 is 10.3. The Morgan fingerprint density at radius 1 is 0.792 bits per heavy atom. The predicted octanol–water partition coefficient (Wildman–Crippen LogP) is 5.02. The van der Waals surface area contributed by atoms with Gasteiger partial charge in [-0.2, -0.15) is 0 Å². The number of phenols is 1. The van der Waals surface area contributed by atoms with E-state index in [0.29, 0.717) is 45.1 Å². The number of carboxylic acids is 1. The number of hydrogen-bond acceptors (Lipinski definition) is 8. The summed E-state index contributed by atoms with van der Waals surface area (Å²) in [4.78, 5) is 59.7. The van der Waals surface area contributed by atoms with Crippen LogP contribution in [-0.2, 0) is 12.8 Å². The molecule has 0 fully saturated rings. The summed E-state index contributed by atoms with van der Waals surface area (Å²) in [6.07, 6.45) is 1.94. The summed E-state index contributed by atoms with van der Waals surface area (Å²) in [6, 6.07) is 15.0. The van der Waals surface area contributed by atoms with E-state index in [4.69, 9.17) is 4.74 Å². The molecule has 2 aromatic carbocycles. The Balaban J connectivity index is 1.44. The molecule has 12 nitrogen and oxygen atoms in total. The average Bonchev–Trinajstić information content (AvgIpc) is 3.03. The van der Waals surface area contributed by atoms with Crippen molar-refractivity contribution in [2.45, 2.75) is 58.7 Å². The van der Waals surface area contributed by atoms with Crippen molar-refractivity contribution >= 4 is 38.9 Å². The number of carbonyl (C=O) groups is 1. The minimum atomic E-state index is -1.20. The number of aromatic hydroxyl groups is 1. The number of ether oxygens (including phenoxy) is 1. The van der Waals surface area contributed by atoms with Gasteiger partial charge in [0.05, 0.1) is 29.9 Å². The number of aromatic carboxylic acids is 1. The fraction of sp³-hybridized carbons (Fsp3) is 0.278. The van der Waals surface area contributed by atoms with Crippen LogP contribution in [0.5, 0.6) is 11.5 Å². The van der Waals surface area contributed by atoms with E-state index in [1.165, 1.54) is 29.0 Å². The fourth-order valence-electron chi connectivity index (χ4n) is 6.63.